The maximum atomic E-state index is 6.03. The van der Waals surface area contributed by atoms with Crippen LogP contribution < -0.4 is 4.74 Å². The first-order valence-corrected chi connectivity index (χ1v) is 5.54. The van der Waals surface area contributed by atoms with E-state index in [2.05, 4.69) is 13.0 Å². The third kappa shape index (κ3) is 2.37. The third-order valence-corrected chi connectivity index (χ3v) is 2.70. The van der Waals surface area contributed by atoms with Gasteiger partial charge in [0.15, 0.2) is 0 Å². The highest BCUT2D eigenvalue weighted by atomic mass is 35.5. The summed E-state index contributed by atoms with van der Waals surface area (Å²) in [6.07, 6.45) is 0. The monoisotopic (exact) mass is 232 g/mol. The average Bonchev–Trinajstić information content (AvgIpc) is 2.25. The van der Waals surface area contributed by atoms with Gasteiger partial charge in [-0.25, -0.2) is 0 Å². The van der Waals surface area contributed by atoms with Gasteiger partial charge in [-0.15, -0.1) is 0 Å². The van der Waals surface area contributed by atoms with Crippen LogP contribution in [0.5, 0.6) is 11.5 Å². The lowest BCUT2D eigenvalue weighted by atomic mass is 10.1. The first-order chi connectivity index (χ1) is 7.66. The van der Waals surface area contributed by atoms with E-state index in [1.54, 1.807) is 0 Å². The molecule has 0 aliphatic rings. The second-order valence-corrected chi connectivity index (χ2v) is 4.21. The van der Waals surface area contributed by atoms with Gasteiger partial charge in [0.2, 0.25) is 0 Å². The molecule has 0 fully saturated rings. The van der Waals surface area contributed by atoms with E-state index in [1.807, 2.05) is 43.3 Å². The van der Waals surface area contributed by atoms with Crippen LogP contribution in [0.2, 0.25) is 5.02 Å². The Morgan fingerprint density at radius 3 is 2.38 bits per heavy atom. The van der Waals surface area contributed by atoms with Crippen molar-refractivity contribution in [3.63, 3.8) is 0 Å². The quantitative estimate of drug-likeness (QED) is 0.726. The zero-order chi connectivity index (χ0) is 11.5. The SMILES string of the molecule is Cc1ccc(Oc2ccccc2Cl)c(C)c1. The number of para-hydroxylation sites is 1. The summed E-state index contributed by atoms with van der Waals surface area (Å²) in [5.41, 5.74) is 2.34. The van der Waals surface area contributed by atoms with Gasteiger partial charge >= 0.3 is 0 Å². The Balaban J connectivity index is 2.31. The van der Waals surface area contributed by atoms with Crippen LogP contribution in [0, 0.1) is 13.8 Å². The van der Waals surface area contributed by atoms with Crippen LogP contribution in [-0.4, -0.2) is 0 Å². The Hall–Kier alpha value is -1.47. The summed E-state index contributed by atoms with van der Waals surface area (Å²) in [4.78, 5) is 0. The van der Waals surface area contributed by atoms with E-state index in [1.165, 1.54) is 5.56 Å². The van der Waals surface area contributed by atoms with Crippen molar-refractivity contribution in [2.24, 2.45) is 0 Å². The summed E-state index contributed by atoms with van der Waals surface area (Å²) < 4.78 is 5.76. The molecule has 0 heterocycles. The van der Waals surface area contributed by atoms with Crippen molar-refractivity contribution in [1.82, 2.24) is 0 Å². The van der Waals surface area contributed by atoms with Crippen molar-refractivity contribution >= 4 is 11.6 Å². The highest BCUT2D eigenvalue weighted by Gasteiger charge is 2.04. The fourth-order valence-corrected chi connectivity index (χ4v) is 1.73. The molecule has 0 aliphatic carbocycles. The molecule has 82 valence electrons. The van der Waals surface area contributed by atoms with Crippen molar-refractivity contribution in [3.8, 4) is 11.5 Å². The molecule has 2 aromatic rings. The lowest BCUT2D eigenvalue weighted by molar-refractivity contribution is 0.479. The lowest BCUT2D eigenvalue weighted by Crippen LogP contribution is -1.88. The highest BCUT2D eigenvalue weighted by molar-refractivity contribution is 6.32. The average molecular weight is 233 g/mol. The van der Waals surface area contributed by atoms with E-state index in [4.69, 9.17) is 16.3 Å². The second-order valence-electron chi connectivity index (χ2n) is 3.80. The standard InChI is InChI=1S/C14H13ClO/c1-10-7-8-13(11(2)9-10)16-14-6-4-3-5-12(14)15/h3-9H,1-2H3. The molecule has 16 heavy (non-hydrogen) atoms. The maximum absolute atomic E-state index is 6.03. The molecule has 0 unspecified atom stereocenters. The first-order valence-electron chi connectivity index (χ1n) is 5.16. The zero-order valence-corrected chi connectivity index (χ0v) is 10.1. The molecule has 0 amide bonds. The second kappa shape index (κ2) is 4.58. The Kier molecular flexibility index (Phi) is 3.16. The maximum Gasteiger partial charge on any atom is 0.146 e. The van der Waals surface area contributed by atoms with Crippen LogP contribution >= 0.6 is 11.6 Å². The lowest BCUT2D eigenvalue weighted by Gasteiger charge is -2.10. The Labute approximate surface area is 101 Å². The molecule has 0 aliphatic heterocycles. The molecular formula is C14H13ClO. The number of benzene rings is 2. The number of halogens is 1. The number of aryl methyl sites for hydroxylation is 2. The fraction of sp³-hybridized carbons (Fsp3) is 0.143. The van der Waals surface area contributed by atoms with Crippen molar-refractivity contribution in [3.05, 3.63) is 58.6 Å². The number of hydrogen-bond donors (Lipinski definition) is 0. The molecule has 2 rings (SSSR count). The minimum absolute atomic E-state index is 0.627. The predicted octanol–water partition coefficient (Wildman–Crippen LogP) is 4.75. The van der Waals surface area contributed by atoms with Gasteiger partial charge in [0.05, 0.1) is 5.02 Å². The molecular weight excluding hydrogens is 220 g/mol. The van der Waals surface area contributed by atoms with Gasteiger partial charge in [-0.2, -0.15) is 0 Å². The molecule has 0 atom stereocenters. The summed E-state index contributed by atoms with van der Waals surface area (Å²) >= 11 is 6.03. The number of rotatable bonds is 2. The summed E-state index contributed by atoms with van der Waals surface area (Å²) in [7, 11) is 0. The van der Waals surface area contributed by atoms with Crippen molar-refractivity contribution < 1.29 is 4.74 Å². The van der Waals surface area contributed by atoms with Crippen molar-refractivity contribution in [1.29, 1.82) is 0 Å². The normalized spacial score (nSPS) is 10.2. The largest absolute Gasteiger partial charge is 0.456 e. The van der Waals surface area contributed by atoms with E-state index in [-0.39, 0.29) is 0 Å². The topological polar surface area (TPSA) is 9.23 Å². The van der Waals surface area contributed by atoms with E-state index >= 15 is 0 Å². The van der Waals surface area contributed by atoms with Crippen LogP contribution in [0.3, 0.4) is 0 Å². The predicted molar refractivity (Wildman–Crippen MR) is 67.4 cm³/mol. The molecule has 0 spiro atoms. The fourth-order valence-electron chi connectivity index (χ4n) is 1.56. The van der Waals surface area contributed by atoms with E-state index in [0.29, 0.717) is 10.8 Å². The van der Waals surface area contributed by atoms with Gasteiger partial charge in [-0.3, -0.25) is 0 Å². The van der Waals surface area contributed by atoms with Gasteiger partial charge in [-0.05, 0) is 37.6 Å². The van der Waals surface area contributed by atoms with Gasteiger partial charge in [0.25, 0.3) is 0 Å². The molecule has 1 nitrogen and oxygen atoms in total. The van der Waals surface area contributed by atoms with Gasteiger partial charge < -0.3 is 4.74 Å². The van der Waals surface area contributed by atoms with Crippen molar-refractivity contribution in [2.75, 3.05) is 0 Å². The molecule has 0 radical (unpaired) electrons. The molecule has 0 bridgehead atoms. The number of ether oxygens (including phenoxy) is 1. The van der Waals surface area contributed by atoms with E-state index < -0.39 is 0 Å². The van der Waals surface area contributed by atoms with Crippen LogP contribution in [-0.2, 0) is 0 Å². The molecule has 0 saturated carbocycles. The van der Waals surface area contributed by atoms with Crippen molar-refractivity contribution in [2.45, 2.75) is 13.8 Å². The first kappa shape index (κ1) is 11.0. The van der Waals surface area contributed by atoms with Crippen LogP contribution in [0.25, 0.3) is 0 Å². The Morgan fingerprint density at radius 2 is 1.69 bits per heavy atom. The summed E-state index contributed by atoms with van der Waals surface area (Å²) in [6.45, 7) is 4.09. The van der Waals surface area contributed by atoms with E-state index in [0.717, 1.165) is 11.3 Å². The number of hydrogen-bond acceptors (Lipinski definition) is 1. The minimum atomic E-state index is 0.627. The molecule has 2 aromatic carbocycles. The van der Waals surface area contributed by atoms with Crippen LogP contribution in [0.4, 0.5) is 0 Å². The summed E-state index contributed by atoms with van der Waals surface area (Å²) in [6, 6.07) is 13.6. The summed E-state index contributed by atoms with van der Waals surface area (Å²) in [5.74, 6) is 1.54. The smallest absolute Gasteiger partial charge is 0.146 e. The minimum Gasteiger partial charge on any atom is -0.456 e. The zero-order valence-electron chi connectivity index (χ0n) is 9.33. The van der Waals surface area contributed by atoms with E-state index in [9.17, 15) is 0 Å². The molecule has 0 saturated heterocycles. The Bertz CT molecular complexity index is 506. The Morgan fingerprint density at radius 1 is 0.938 bits per heavy atom. The van der Waals surface area contributed by atoms with Gasteiger partial charge in [0, 0.05) is 0 Å². The summed E-state index contributed by atoms with van der Waals surface area (Å²) in [5, 5.41) is 0.627. The molecule has 0 aromatic heterocycles. The van der Waals surface area contributed by atoms with Gasteiger partial charge in [-0.1, -0.05) is 41.4 Å². The molecule has 2 heteroatoms. The van der Waals surface area contributed by atoms with Crippen LogP contribution in [0.15, 0.2) is 42.5 Å². The van der Waals surface area contributed by atoms with Crippen LogP contribution in [0.1, 0.15) is 11.1 Å². The van der Waals surface area contributed by atoms with Gasteiger partial charge in [0.1, 0.15) is 11.5 Å². The molecule has 0 N–H and O–H groups in total. The third-order valence-electron chi connectivity index (χ3n) is 2.39. The highest BCUT2D eigenvalue weighted by Crippen LogP contribution is 2.30.